The summed E-state index contributed by atoms with van der Waals surface area (Å²) in [5.41, 5.74) is 0.858. The van der Waals surface area contributed by atoms with Crippen molar-refractivity contribution in [1.29, 1.82) is 0 Å². The summed E-state index contributed by atoms with van der Waals surface area (Å²) in [7, 11) is -3.80. The van der Waals surface area contributed by atoms with Crippen molar-refractivity contribution in [3.63, 3.8) is 0 Å². The van der Waals surface area contributed by atoms with Crippen LogP contribution in [0.25, 0.3) is 0 Å². The number of hydrogen-bond donors (Lipinski definition) is 2. The van der Waals surface area contributed by atoms with Gasteiger partial charge in [-0.3, -0.25) is 9.52 Å². The largest absolute Gasteiger partial charge is 0.490 e. The van der Waals surface area contributed by atoms with Crippen LogP contribution in [0.2, 0.25) is 0 Å². The van der Waals surface area contributed by atoms with Gasteiger partial charge in [0, 0.05) is 30.3 Å². The highest BCUT2D eigenvalue weighted by Gasteiger charge is 2.19. The second-order valence-corrected chi connectivity index (χ2v) is 9.32. The highest BCUT2D eigenvalue weighted by molar-refractivity contribution is 7.92. The lowest BCUT2D eigenvalue weighted by Gasteiger charge is -2.12. The fourth-order valence-electron chi connectivity index (χ4n) is 3.03. The molecule has 0 aliphatic carbocycles. The van der Waals surface area contributed by atoms with Crippen LogP contribution in [0.4, 0.5) is 5.69 Å². The summed E-state index contributed by atoms with van der Waals surface area (Å²) in [6.45, 7) is 5.93. The molecule has 8 heteroatoms. The van der Waals surface area contributed by atoms with Gasteiger partial charge in [-0.1, -0.05) is 13.8 Å². The zero-order chi connectivity index (χ0) is 21.6. The normalized spacial score (nSPS) is 13.6. The van der Waals surface area contributed by atoms with Crippen molar-refractivity contribution in [2.45, 2.75) is 38.0 Å². The Labute approximate surface area is 177 Å². The van der Waals surface area contributed by atoms with E-state index in [2.05, 4.69) is 23.9 Å². The zero-order valence-electron chi connectivity index (χ0n) is 17.3. The second-order valence-electron chi connectivity index (χ2n) is 7.63. The first-order valence-corrected chi connectivity index (χ1v) is 11.6. The molecule has 1 heterocycles. The smallest absolute Gasteiger partial charge is 0.262 e. The second kappa shape index (κ2) is 9.84. The number of anilines is 1. The molecular formula is C22H28N2O5S. The van der Waals surface area contributed by atoms with Crippen LogP contribution in [-0.2, 0) is 10.0 Å². The molecule has 3 rings (SSSR count). The molecule has 0 atom stereocenters. The van der Waals surface area contributed by atoms with E-state index in [-0.39, 0.29) is 10.8 Å². The van der Waals surface area contributed by atoms with Crippen molar-refractivity contribution >= 4 is 21.6 Å². The maximum absolute atomic E-state index is 12.7. The Morgan fingerprint density at radius 3 is 2.43 bits per heavy atom. The topological polar surface area (TPSA) is 93.7 Å². The summed E-state index contributed by atoms with van der Waals surface area (Å²) in [6.07, 6.45) is 2.73. The highest BCUT2D eigenvalue weighted by Crippen LogP contribution is 2.32. The van der Waals surface area contributed by atoms with Gasteiger partial charge in [-0.15, -0.1) is 0 Å². The molecule has 1 aliphatic heterocycles. The molecule has 0 bridgehead atoms. The standard InChI is InChI=1S/C22H28N2O5S/c1-16(2)5-3-12-23-22(25)17-6-8-18(9-7-17)24-30(26,27)19-10-11-20-21(15-19)29-14-4-13-28-20/h6-11,15-16,24H,3-5,12-14H2,1-2H3,(H,23,25). The molecule has 0 saturated heterocycles. The number of hydrogen-bond acceptors (Lipinski definition) is 5. The molecule has 0 radical (unpaired) electrons. The van der Waals surface area contributed by atoms with Gasteiger partial charge in [0.2, 0.25) is 0 Å². The molecule has 2 N–H and O–H groups in total. The van der Waals surface area contributed by atoms with Crippen LogP contribution in [0.15, 0.2) is 47.4 Å². The van der Waals surface area contributed by atoms with Gasteiger partial charge in [0.05, 0.1) is 18.1 Å². The van der Waals surface area contributed by atoms with Crippen LogP contribution in [0.3, 0.4) is 0 Å². The summed E-state index contributed by atoms with van der Waals surface area (Å²) in [6, 6.07) is 10.9. The number of benzene rings is 2. The van der Waals surface area contributed by atoms with Crippen molar-refractivity contribution < 1.29 is 22.7 Å². The molecule has 0 unspecified atom stereocenters. The third kappa shape index (κ3) is 5.89. The Bertz CT molecular complexity index is 972. The number of sulfonamides is 1. The Balaban J connectivity index is 1.63. The Morgan fingerprint density at radius 2 is 1.73 bits per heavy atom. The number of amides is 1. The number of ether oxygens (including phenoxy) is 2. The molecule has 1 amide bonds. The maximum Gasteiger partial charge on any atom is 0.262 e. The van der Waals surface area contributed by atoms with Crippen LogP contribution in [0, 0.1) is 5.92 Å². The van der Waals surface area contributed by atoms with E-state index in [1.165, 1.54) is 12.1 Å². The van der Waals surface area contributed by atoms with Crippen molar-refractivity contribution in [2.24, 2.45) is 5.92 Å². The zero-order valence-corrected chi connectivity index (χ0v) is 18.1. The van der Waals surface area contributed by atoms with Crippen molar-refractivity contribution in [2.75, 3.05) is 24.5 Å². The number of fused-ring (bicyclic) bond motifs is 1. The van der Waals surface area contributed by atoms with Crippen LogP contribution in [0.1, 0.15) is 43.5 Å². The van der Waals surface area contributed by atoms with Gasteiger partial charge in [-0.2, -0.15) is 0 Å². The molecule has 162 valence electrons. The third-order valence-electron chi connectivity index (χ3n) is 4.67. The number of carbonyl (C=O) groups excluding carboxylic acids is 1. The molecule has 2 aromatic carbocycles. The highest BCUT2D eigenvalue weighted by atomic mass is 32.2. The first-order valence-electron chi connectivity index (χ1n) is 10.2. The average Bonchev–Trinajstić information content (AvgIpc) is 2.96. The molecule has 0 saturated carbocycles. The van der Waals surface area contributed by atoms with E-state index in [0.717, 1.165) is 19.3 Å². The van der Waals surface area contributed by atoms with Crippen LogP contribution in [0.5, 0.6) is 11.5 Å². The number of rotatable bonds is 8. The van der Waals surface area contributed by atoms with Gasteiger partial charge in [0.1, 0.15) is 0 Å². The number of carbonyl (C=O) groups is 1. The first-order chi connectivity index (χ1) is 14.3. The van der Waals surface area contributed by atoms with Crippen LogP contribution in [-0.4, -0.2) is 34.1 Å². The van der Waals surface area contributed by atoms with Crippen molar-refractivity contribution in [1.82, 2.24) is 5.32 Å². The molecular weight excluding hydrogens is 404 g/mol. The Hall–Kier alpha value is -2.74. The monoisotopic (exact) mass is 432 g/mol. The van der Waals surface area contributed by atoms with E-state index in [1.807, 2.05) is 0 Å². The average molecular weight is 433 g/mol. The summed E-state index contributed by atoms with van der Waals surface area (Å²) >= 11 is 0. The van der Waals surface area contributed by atoms with Gasteiger partial charge < -0.3 is 14.8 Å². The minimum atomic E-state index is -3.80. The molecule has 0 aromatic heterocycles. The van der Waals surface area contributed by atoms with E-state index in [1.54, 1.807) is 30.3 Å². The van der Waals surface area contributed by atoms with Crippen molar-refractivity contribution in [3.05, 3.63) is 48.0 Å². The van der Waals surface area contributed by atoms with E-state index in [0.29, 0.717) is 48.4 Å². The van der Waals surface area contributed by atoms with Crippen molar-refractivity contribution in [3.8, 4) is 11.5 Å². The molecule has 2 aromatic rings. The fraction of sp³-hybridized carbons (Fsp3) is 0.409. The summed E-state index contributed by atoms with van der Waals surface area (Å²) in [4.78, 5) is 12.3. The van der Waals surface area contributed by atoms with Gasteiger partial charge >= 0.3 is 0 Å². The first kappa shape index (κ1) is 22.0. The van der Waals surface area contributed by atoms with E-state index in [4.69, 9.17) is 9.47 Å². The Kier molecular flexibility index (Phi) is 7.20. The summed E-state index contributed by atoms with van der Waals surface area (Å²) in [5.74, 6) is 1.39. The lowest BCUT2D eigenvalue weighted by molar-refractivity contribution is 0.0952. The minimum Gasteiger partial charge on any atom is -0.490 e. The molecule has 7 nitrogen and oxygen atoms in total. The minimum absolute atomic E-state index is 0.0822. The number of nitrogens with one attached hydrogen (secondary N) is 2. The van der Waals surface area contributed by atoms with Gasteiger partial charge in [0.25, 0.3) is 15.9 Å². The fourth-order valence-corrected chi connectivity index (χ4v) is 4.10. The van der Waals surface area contributed by atoms with Gasteiger partial charge in [0.15, 0.2) is 11.5 Å². The van der Waals surface area contributed by atoms with Crippen LogP contribution >= 0.6 is 0 Å². The maximum atomic E-state index is 12.7. The Morgan fingerprint density at radius 1 is 1.03 bits per heavy atom. The third-order valence-corrected chi connectivity index (χ3v) is 6.05. The molecule has 30 heavy (non-hydrogen) atoms. The lowest BCUT2D eigenvalue weighted by Crippen LogP contribution is -2.24. The molecule has 0 fully saturated rings. The van der Waals surface area contributed by atoms with Gasteiger partial charge in [-0.25, -0.2) is 8.42 Å². The SMILES string of the molecule is CC(C)CCCNC(=O)c1ccc(NS(=O)(=O)c2ccc3c(c2)OCCCO3)cc1. The molecule has 1 aliphatic rings. The quantitative estimate of drug-likeness (QED) is 0.619. The predicted molar refractivity (Wildman–Crippen MR) is 116 cm³/mol. The van der Waals surface area contributed by atoms with E-state index >= 15 is 0 Å². The van der Waals surface area contributed by atoms with Gasteiger partial charge in [-0.05, 0) is 55.2 Å². The molecule has 0 spiro atoms. The lowest BCUT2D eigenvalue weighted by atomic mass is 10.1. The summed E-state index contributed by atoms with van der Waals surface area (Å²) < 4.78 is 39.1. The predicted octanol–water partition coefficient (Wildman–Crippen LogP) is 3.81. The van der Waals surface area contributed by atoms with E-state index in [9.17, 15) is 13.2 Å². The van der Waals surface area contributed by atoms with Crippen LogP contribution < -0.4 is 19.5 Å². The summed E-state index contributed by atoms with van der Waals surface area (Å²) in [5, 5.41) is 2.88. The van der Waals surface area contributed by atoms with E-state index < -0.39 is 10.0 Å².